The molecule has 3 nitrogen and oxygen atoms in total. The lowest BCUT2D eigenvalue weighted by atomic mass is 9.94. The van der Waals surface area contributed by atoms with Crippen molar-refractivity contribution in [2.75, 3.05) is 13.7 Å². The monoisotopic (exact) mass is 277 g/mol. The van der Waals surface area contributed by atoms with Gasteiger partial charge in [-0.1, -0.05) is 52.0 Å². The molecule has 0 saturated carbocycles. The summed E-state index contributed by atoms with van der Waals surface area (Å²) in [6, 6.07) is 8.86. The van der Waals surface area contributed by atoms with E-state index in [1.54, 1.807) is 0 Å². The van der Waals surface area contributed by atoms with E-state index in [4.69, 9.17) is 0 Å². The number of rotatable bonds is 7. The minimum absolute atomic E-state index is 0.169. The third kappa shape index (κ3) is 5.33. The van der Waals surface area contributed by atoms with E-state index >= 15 is 0 Å². The Morgan fingerprint density at radius 2 is 1.75 bits per heavy atom. The lowest BCUT2D eigenvalue weighted by molar-refractivity contribution is -0.139. The van der Waals surface area contributed by atoms with E-state index in [0.717, 1.165) is 6.42 Å². The molecule has 0 heterocycles. The number of carbonyl (C=O) groups is 1. The molecule has 1 aromatic carbocycles. The Bertz CT molecular complexity index is 410. The Hall–Kier alpha value is -1.35. The van der Waals surface area contributed by atoms with Crippen LogP contribution in [0.25, 0.3) is 0 Å². The first-order valence-electron chi connectivity index (χ1n) is 7.33. The van der Waals surface area contributed by atoms with Crippen LogP contribution in [0.1, 0.15) is 44.9 Å². The maximum atomic E-state index is 11.3. The molecule has 0 saturated heterocycles. The summed E-state index contributed by atoms with van der Waals surface area (Å²) in [7, 11) is 1.41. The molecular weight excluding hydrogens is 250 g/mol. The predicted octanol–water partition coefficient (Wildman–Crippen LogP) is 3.34. The first-order valence-corrected chi connectivity index (χ1v) is 7.33. The number of esters is 1. The van der Waals surface area contributed by atoms with Crippen molar-refractivity contribution in [1.29, 1.82) is 0 Å². The topological polar surface area (TPSA) is 38.3 Å². The zero-order valence-electron chi connectivity index (χ0n) is 13.3. The van der Waals surface area contributed by atoms with Crippen LogP contribution in [0.15, 0.2) is 24.3 Å². The summed E-state index contributed by atoms with van der Waals surface area (Å²) >= 11 is 0. The number of ether oxygens (including phenoxy) is 1. The Balaban J connectivity index is 2.74. The van der Waals surface area contributed by atoms with E-state index < -0.39 is 0 Å². The molecule has 1 aromatic rings. The van der Waals surface area contributed by atoms with Crippen molar-refractivity contribution in [3.05, 3.63) is 35.4 Å². The van der Waals surface area contributed by atoms with Gasteiger partial charge in [0.1, 0.15) is 0 Å². The van der Waals surface area contributed by atoms with E-state index in [-0.39, 0.29) is 18.6 Å². The summed E-state index contributed by atoms with van der Waals surface area (Å²) in [5, 5.41) is 3.27. The molecule has 112 valence electrons. The summed E-state index contributed by atoms with van der Waals surface area (Å²) in [4.78, 5) is 11.3. The lowest BCUT2D eigenvalue weighted by Crippen LogP contribution is -2.31. The van der Waals surface area contributed by atoms with Crippen LogP contribution in [0.4, 0.5) is 0 Å². The Morgan fingerprint density at radius 3 is 2.20 bits per heavy atom. The minimum atomic E-state index is -0.230. The highest BCUT2D eigenvalue weighted by Gasteiger charge is 2.16. The van der Waals surface area contributed by atoms with Crippen molar-refractivity contribution in [3.8, 4) is 0 Å². The molecule has 1 N–H and O–H groups in total. The Morgan fingerprint density at radius 1 is 1.15 bits per heavy atom. The van der Waals surface area contributed by atoms with E-state index in [1.165, 1.54) is 18.2 Å². The third-order valence-corrected chi connectivity index (χ3v) is 3.34. The second-order valence-corrected chi connectivity index (χ2v) is 6.02. The largest absolute Gasteiger partial charge is 0.468 e. The van der Waals surface area contributed by atoms with Crippen molar-refractivity contribution < 1.29 is 9.53 Å². The summed E-state index contributed by atoms with van der Waals surface area (Å²) in [5.41, 5.74) is 2.58. The fourth-order valence-corrected chi connectivity index (χ4v) is 2.34. The van der Waals surface area contributed by atoms with E-state index in [1.807, 2.05) is 0 Å². The van der Waals surface area contributed by atoms with Gasteiger partial charge in [-0.2, -0.15) is 0 Å². The molecular formula is C17H27NO2. The molecule has 0 bridgehead atoms. The molecule has 0 spiro atoms. The van der Waals surface area contributed by atoms with Crippen molar-refractivity contribution in [2.45, 2.75) is 40.2 Å². The van der Waals surface area contributed by atoms with E-state index in [9.17, 15) is 4.79 Å². The molecule has 1 unspecified atom stereocenters. The maximum Gasteiger partial charge on any atom is 0.319 e. The smallest absolute Gasteiger partial charge is 0.319 e. The van der Waals surface area contributed by atoms with E-state index in [2.05, 4.69) is 62.0 Å². The molecule has 20 heavy (non-hydrogen) atoms. The minimum Gasteiger partial charge on any atom is -0.468 e. The summed E-state index contributed by atoms with van der Waals surface area (Å²) < 4.78 is 4.68. The maximum absolute atomic E-state index is 11.3. The number of nitrogens with one attached hydrogen (secondary N) is 1. The second kappa shape index (κ2) is 8.05. The van der Waals surface area contributed by atoms with Gasteiger partial charge < -0.3 is 4.74 Å². The first kappa shape index (κ1) is 16.7. The van der Waals surface area contributed by atoms with Gasteiger partial charge >= 0.3 is 5.97 Å². The molecule has 0 aromatic heterocycles. The highest BCUT2D eigenvalue weighted by molar-refractivity contribution is 5.71. The zero-order valence-corrected chi connectivity index (χ0v) is 13.3. The summed E-state index contributed by atoms with van der Waals surface area (Å²) in [6.07, 6.45) is 1.10. The molecule has 1 rings (SSSR count). The van der Waals surface area contributed by atoms with Gasteiger partial charge in [0.25, 0.3) is 0 Å². The number of methoxy groups -OCH3 is 1. The van der Waals surface area contributed by atoms with Gasteiger partial charge in [-0.25, -0.2) is 0 Å². The van der Waals surface area contributed by atoms with Crippen molar-refractivity contribution in [3.63, 3.8) is 0 Å². The Kier molecular flexibility index (Phi) is 6.73. The summed E-state index contributed by atoms with van der Waals surface area (Å²) in [5.74, 6) is 0.849. The van der Waals surface area contributed by atoms with Crippen LogP contribution in [-0.4, -0.2) is 19.6 Å². The number of hydrogen-bond donors (Lipinski definition) is 1. The van der Waals surface area contributed by atoms with Crippen LogP contribution in [0.2, 0.25) is 0 Å². The SMILES string of the molecule is COC(=O)CNC(c1ccc(CC(C)C)cc1)C(C)C. The fourth-order valence-electron chi connectivity index (χ4n) is 2.34. The van der Waals surface area contributed by atoms with Crippen molar-refractivity contribution >= 4 is 5.97 Å². The summed E-state index contributed by atoms with van der Waals surface area (Å²) in [6.45, 7) is 8.99. The van der Waals surface area contributed by atoms with Gasteiger partial charge in [0.2, 0.25) is 0 Å². The highest BCUT2D eigenvalue weighted by Crippen LogP contribution is 2.22. The number of benzene rings is 1. The average Bonchev–Trinajstić information content (AvgIpc) is 2.39. The van der Waals surface area contributed by atoms with E-state index in [0.29, 0.717) is 11.8 Å². The number of carbonyl (C=O) groups excluding carboxylic acids is 1. The van der Waals surface area contributed by atoms with Crippen LogP contribution in [0.3, 0.4) is 0 Å². The first-order chi connectivity index (χ1) is 9.43. The molecule has 0 radical (unpaired) electrons. The van der Waals surface area contributed by atoms with Gasteiger partial charge in [0, 0.05) is 6.04 Å². The van der Waals surface area contributed by atoms with Crippen LogP contribution in [0.5, 0.6) is 0 Å². The predicted molar refractivity (Wildman–Crippen MR) is 82.6 cm³/mol. The molecule has 0 aliphatic heterocycles. The Labute approximate surface area is 122 Å². The molecule has 0 fully saturated rings. The normalized spacial score (nSPS) is 12.8. The third-order valence-electron chi connectivity index (χ3n) is 3.34. The average molecular weight is 277 g/mol. The highest BCUT2D eigenvalue weighted by atomic mass is 16.5. The van der Waals surface area contributed by atoms with Crippen molar-refractivity contribution in [1.82, 2.24) is 5.32 Å². The van der Waals surface area contributed by atoms with Gasteiger partial charge in [0.05, 0.1) is 13.7 Å². The molecule has 0 aliphatic carbocycles. The number of hydrogen-bond acceptors (Lipinski definition) is 3. The lowest BCUT2D eigenvalue weighted by Gasteiger charge is -2.22. The zero-order chi connectivity index (χ0) is 15.1. The molecule has 1 atom stereocenters. The van der Waals surface area contributed by atoms with Crippen molar-refractivity contribution in [2.24, 2.45) is 11.8 Å². The van der Waals surface area contributed by atoms with Crippen LogP contribution >= 0.6 is 0 Å². The van der Waals surface area contributed by atoms with Gasteiger partial charge in [0.15, 0.2) is 0 Å². The fraction of sp³-hybridized carbons (Fsp3) is 0.588. The van der Waals surface area contributed by atoms with Crippen LogP contribution in [-0.2, 0) is 16.0 Å². The molecule has 0 amide bonds. The van der Waals surface area contributed by atoms with Crippen LogP contribution in [0, 0.1) is 11.8 Å². The molecule has 3 heteroatoms. The second-order valence-electron chi connectivity index (χ2n) is 6.02. The van der Waals surface area contributed by atoms with Crippen LogP contribution < -0.4 is 5.32 Å². The quantitative estimate of drug-likeness (QED) is 0.777. The van der Waals surface area contributed by atoms with Gasteiger partial charge in [-0.3, -0.25) is 10.1 Å². The van der Waals surface area contributed by atoms with Gasteiger partial charge in [-0.15, -0.1) is 0 Å². The molecule has 0 aliphatic rings. The standard InChI is InChI=1S/C17H27NO2/c1-12(2)10-14-6-8-15(9-7-14)17(13(3)4)18-11-16(19)20-5/h6-9,12-13,17-18H,10-11H2,1-5H3. The van der Waals surface area contributed by atoms with Gasteiger partial charge in [-0.05, 0) is 29.4 Å².